The van der Waals surface area contributed by atoms with E-state index in [-0.39, 0.29) is 17.5 Å². The molecular weight excluding hydrogens is 318 g/mol. The van der Waals surface area contributed by atoms with Crippen molar-refractivity contribution in [3.8, 4) is 0 Å². The van der Waals surface area contributed by atoms with Crippen LogP contribution in [0, 0.1) is 5.92 Å². The summed E-state index contributed by atoms with van der Waals surface area (Å²) < 4.78 is 3.07. The summed E-state index contributed by atoms with van der Waals surface area (Å²) in [6.07, 6.45) is 7.94. The minimum atomic E-state index is -0.101. The van der Waals surface area contributed by atoms with Gasteiger partial charge in [0.15, 0.2) is 0 Å². The third-order valence-corrected chi connectivity index (χ3v) is 6.24. The van der Waals surface area contributed by atoms with Gasteiger partial charge in [-0.1, -0.05) is 12.8 Å². The van der Waals surface area contributed by atoms with Crippen molar-refractivity contribution in [1.29, 1.82) is 0 Å². The van der Waals surface area contributed by atoms with E-state index < -0.39 is 0 Å². The number of carbonyl (C=O) groups is 1. The van der Waals surface area contributed by atoms with E-state index in [1.807, 2.05) is 4.90 Å². The molecule has 1 aromatic heterocycles. The van der Waals surface area contributed by atoms with E-state index in [2.05, 4.69) is 10.00 Å². The molecular formula is C18H29N5O2. The van der Waals surface area contributed by atoms with E-state index in [0.717, 1.165) is 50.9 Å². The highest BCUT2D eigenvalue weighted by molar-refractivity contribution is 5.79. The maximum Gasteiger partial charge on any atom is 0.345 e. The maximum atomic E-state index is 13.0. The Bertz CT molecular complexity index is 688. The van der Waals surface area contributed by atoms with Crippen LogP contribution in [-0.2, 0) is 24.8 Å². The first-order valence-corrected chi connectivity index (χ1v) is 9.79. The van der Waals surface area contributed by atoms with Gasteiger partial charge in [0.2, 0.25) is 5.91 Å². The normalized spacial score (nSPS) is 25.8. The highest BCUT2D eigenvalue weighted by atomic mass is 16.2. The van der Waals surface area contributed by atoms with Crippen LogP contribution in [0.4, 0.5) is 0 Å². The van der Waals surface area contributed by atoms with E-state index in [0.29, 0.717) is 13.0 Å². The number of nitrogens with zero attached hydrogens (tertiary/aromatic N) is 5. The van der Waals surface area contributed by atoms with Crippen LogP contribution in [0.15, 0.2) is 4.79 Å². The Morgan fingerprint density at radius 1 is 1.04 bits per heavy atom. The second-order valence-corrected chi connectivity index (χ2v) is 7.82. The van der Waals surface area contributed by atoms with Crippen LogP contribution in [0.25, 0.3) is 0 Å². The largest absolute Gasteiger partial charge is 0.345 e. The molecule has 1 aromatic rings. The van der Waals surface area contributed by atoms with Crippen molar-refractivity contribution >= 4 is 5.91 Å². The fourth-order valence-corrected chi connectivity index (χ4v) is 4.79. The SMILES string of the molecule is Cn1nc2n(c1=O)C[C@@H](C(=O)N1CCCN(C3CCCC3)CC1)CC2. The molecule has 7 heteroatoms. The first kappa shape index (κ1) is 16.8. The summed E-state index contributed by atoms with van der Waals surface area (Å²) in [6, 6.07) is 0.737. The minimum Gasteiger partial charge on any atom is -0.341 e. The first-order chi connectivity index (χ1) is 12.1. The molecule has 0 N–H and O–H groups in total. The van der Waals surface area contributed by atoms with Crippen LogP contribution in [0.5, 0.6) is 0 Å². The summed E-state index contributed by atoms with van der Waals surface area (Å²) >= 11 is 0. The predicted molar refractivity (Wildman–Crippen MR) is 94.3 cm³/mol. The zero-order valence-electron chi connectivity index (χ0n) is 15.2. The molecule has 1 atom stereocenters. The summed E-state index contributed by atoms with van der Waals surface area (Å²) in [7, 11) is 1.68. The van der Waals surface area contributed by atoms with Gasteiger partial charge >= 0.3 is 5.69 Å². The molecule has 3 aliphatic rings. The molecule has 138 valence electrons. The molecule has 3 heterocycles. The number of aromatic nitrogens is 3. The standard InChI is InChI=1S/C18H29N5O2/c1-20-18(25)23-13-14(7-8-16(23)19-20)17(24)22-10-4-9-21(11-12-22)15-5-2-3-6-15/h14-15H,2-13H2,1H3/t14-/m0/s1. The maximum absolute atomic E-state index is 13.0. The molecule has 0 radical (unpaired) electrons. The van der Waals surface area contributed by atoms with Gasteiger partial charge in [-0.05, 0) is 25.7 Å². The van der Waals surface area contributed by atoms with E-state index in [9.17, 15) is 9.59 Å². The van der Waals surface area contributed by atoms with Crippen molar-refractivity contribution in [1.82, 2.24) is 24.1 Å². The molecule has 2 fully saturated rings. The topological polar surface area (TPSA) is 63.4 Å². The van der Waals surface area contributed by atoms with Gasteiger partial charge in [-0.3, -0.25) is 14.3 Å². The highest BCUT2D eigenvalue weighted by Crippen LogP contribution is 2.25. The lowest BCUT2D eigenvalue weighted by Gasteiger charge is -2.29. The van der Waals surface area contributed by atoms with E-state index in [1.165, 1.54) is 30.4 Å². The zero-order chi connectivity index (χ0) is 17.4. The lowest BCUT2D eigenvalue weighted by molar-refractivity contribution is -0.136. The number of hydrogen-bond donors (Lipinski definition) is 0. The zero-order valence-corrected chi connectivity index (χ0v) is 15.2. The van der Waals surface area contributed by atoms with Gasteiger partial charge in [0.1, 0.15) is 5.82 Å². The van der Waals surface area contributed by atoms with Crippen molar-refractivity contribution in [3.05, 3.63) is 16.3 Å². The number of aryl methyl sites for hydroxylation is 2. The summed E-state index contributed by atoms with van der Waals surface area (Å²) in [5.41, 5.74) is -0.101. The predicted octanol–water partition coefficient (Wildman–Crippen LogP) is 0.621. The van der Waals surface area contributed by atoms with E-state index in [1.54, 1.807) is 11.6 Å². The number of fused-ring (bicyclic) bond motifs is 1. The fraction of sp³-hybridized carbons (Fsp3) is 0.833. The van der Waals surface area contributed by atoms with Crippen LogP contribution in [0.3, 0.4) is 0 Å². The van der Waals surface area contributed by atoms with Crippen molar-refractivity contribution < 1.29 is 4.79 Å². The van der Waals surface area contributed by atoms with Gasteiger partial charge in [-0.2, -0.15) is 5.10 Å². The Balaban J connectivity index is 1.39. The lowest BCUT2D eigenvalue weighted by Crippen LogP contribution is -2.43. The molecule has 4 rings (SSSR count). The van der Waals surface area contributed by atoms with Crippen LogP contribution < -0.4 is 5.69 Å². The van der Waals surface area contributed by atoms with Gasteiger partial charge in [-0.15, -0.1) is 0 Å². The third-order valence-electron chi connectivity index (χ3n) is 6.24. The number of rotatable bonds is 2. The average Bonchev–Trinajstić information content (AvgIpc) is 3.17. The summed E-state index contributed by atoms with van der Waals surface area (Å²) in [5, 5.41) is 4.26. The van der Waals surface area contributed by atoms with E-state index in [4.69, 9.17) is 0 Å². The van der Waals surface area contributed by atoms with Crippen LogP contribution in [-0.4, -0.2) is 62.3 Å². The molecule has 0 unspecified atom stereocenters. The summed E-state index contributed by atoms with van der Waals surface area (Å²) in [5.74, 6) is 0.974. The molecule has 25 heavy (non-hydrogen) atoms. The number of carbonyl (C=O) groups excluding carboxylic acids is 1. The molecule has 0 bridgehead atoms. The third kappa shape index (κ3) is 3.26. The van der Waals surface area contributed by atoms with Crippen molar-refractivity contribution in [2.75, 3.05) is 26.2 Å². The molecule has 7 nitrogen and oxygen atoms in total. The molecule has 2 aliphatic heterocycles. The second-order valence-electron chi connectivity index (χ2n) is 7.82. The lowest BCUT2D eigenvalue weighted by atomic mass is 9.97. The second kappa shape index (κ2) is 6.94. The van der Waals surface area contributed by atoms with Crippen LogP contribution in [0.2, 0.25) is 0 Å². The van der Waals surface area contributed by atoms with Gasteiger partial charge in [0.25, 0.3) is 0 Å². The van der Waals surface area contributed by atoms with Crippen molar-refractivity contribution in [2.45, 2.75) is 57.5 Å². The van der Waals surface area contributed by atoms with Crippen LogP contribution >= 0.6 is 0 Å². The van der Waals surface area contributed by atoms with Gasteiger partial charge in [-0.25, -0.2) is 9.48 Å². The average molecular weight is 347 g/mol. The fourth-order valence-electron chi connectivity index (χ4n) is 4.79. The minimum absolute atomic E-state index is 0.0765. The molecule has 1 aliphatic carbocycles. The number of amides is 1. The number of hydrogen-bond acceptors (Lipinski definition) is 4. The van der Waals surface area contributed by atoms with Crippen molar-refractivity contribution in [3.63, 3.8) is 0 Å². The molecule has 1 saturated heterocycles. The van der Waals surface area contributed by atoms with Crippen LogP contribution in [0.1, 0.15) is 44.3 Å². The Hall–Kier alpha value is -1.63. The molecule has 0 spiro atoms. The quantitative estimate of drug-likeness (QED) is 0.787. The van der Waals surface area contributed by atoms with Gasteiger partial charge < -0.3 is 4.90 Å². The molecule has 0 aromatic carbocycles. The van der Waals surface area contributed by atoms with Crippen molar-refractivity contribution in [2.24, 2.45) is 13.0 Å². The Labute approximate surface area is 148 Å². The first-order valence-electron chi connectivity index (χ1n) is 9.79. The molecule has 1 saturated carbocycles. The summed E-state index contributed by atoms with van der Waals surface area (Å²) in [6.45, 7) is 4.30. The van der Waals surface area contributed by atoms with E-state index >= 15 is 0 Å². The molecule has 1 amide bonds. The Morgan fingerprint density at radius 2 is 1.84 bits per heavy atom. The Kier molecular flexibility index (Phi) is 4.67. The Morgan fingerprint density at radius 3 is 2.64 bits per heavy atom. The highest BCUT2D eigenvalue weighted by Gasteiger charge is 2.32. The monoisotopic (exact) mass is 347 g/mol. The summed E-state index contributed by atoms with van der Waals surface area (Å²) in [4.78, 5) is 29.8. The smallest absolute Gasteiger partial charge is 0.341 e. The van der Waals surface area contributed by atoms with Gasteiger partial charge in [0, 0.05) is 52.2 Å². The van der Waals surface area contributed by atoms with Gasteiger partial charge in [0.05, 0.1) is 5.92 Å².